The van der Waals surface area contributed by atoms with Crippen LogP contribution in [0, 0.1) is 17.5 Å². The van der Waals surface area contributed by atoms with Crippen LogP contribution in [0.25, 0.3) is 0 Å². The zero-order chi connectivity index (χ0) is 13.4. The molecule has 1 heterocycles. The summed E-state index contributed by atoms with van der Waals surface area (Å²) in [5, 5.41) is 4.01. The summed E-state index contributed by atoms with van der Waals surface area (Å²) in [6.45, 7) is 0. The van der Waals surface area contributed by atoms with Gasteiger partial charge in [-0.15, -0.1) is 0 Å². The highest BCUT2D eigenvalue weighted by Gasteiger charge is 2.24. The average molecular weight is 276 g/mol. The van der Waals surface area contributed by atoms with Crippen molar-refractivity contribution in [3.63, 3.8) is 0 Å². The van der Waals surface area contributed by atoms with Crippen molar-refractivity contribution in [2.75, 3.05) is 0 Å². The molecule has 0 aliphatic carbocycles. The Bertz CT molecular complexity index is 555. The Morgan fingerprint density at radius 1 is 1.28 bits per heavy atom. The van der Waals surface area contributed by atoms with Crippen molar-refractivity contribution in [2.24, 2.45) is 12.8 Å². The highest BCUT2D eigenvalue weighted by molar-refractivity contribution is 6.31. The lowest BCUT2D eigenvalue weighted by Crippen LogP contribution is -2.19. The third-order valence-corrected chi connectivity index (χ3v) is 2.88. The third kappa shape index (κ3) is 2.09. The molecule has 3 nitrogen and oxygen atoms in total. The molecule has 1 atom stereocenters. The van der Waals surface area contributed by atoms with E-state index in [-0.39, 0.29) is 10.7 Å². The molecule has 1 unspecified atom stereocenters. The van der Waals surface area contributed by atoms with Crippen LogP contribution in [0.2, 0.25) is 5.02 Å². The molecule has 0 bridgehead atoms. The maximum absolute atomic E-state index is 13.6. The van der Waals surface area contributed by atoms with Crippen LogP contribution in [0.15, 0.2) is 18.3 Å². The smallest absolute Gasteiger partial charge is 0.134 e. The molecule has 7 heteroatoms. The van der Waals surface area contributed by atoms with E-state index in [0.717, 1.165) is 0 Å². The van der Waals surface area contributed by atoms with Gasteiger partial charge in [0.15, 0.2) is 0 Å². The van der Waals surface area contributed by atoms with E-state index in [0.29, 0.717) is 12.1 Å². The summed E-state index contributed by atoms with van der Waals surface area (Å²) >= 11 is 5.84. The number of hydrogen-bond acceptors (Lipinski definition) is 2. The maximum Gasteiger partial charge on any atom is 0.134 e. The molecule has 0 amide bonds. The zero-order valence-electron chi connectivity index (χ0n) is 9.29. The van der Waals surface area contributed by atoms with Crippen molar-refractivity contribution in [3.8, 4) is 0 Å². The SMILES string of the molecule is Cn1ncc(Cl)c1C(N)c1c(F)cc(F)cc1F. The first-order valence-corrected chi connectivity index (χ1v) is 5.37. The summed E-state index contributed by atoms with van der Waals surface area (Å²) < 4.78 is 41.3. The number of rotatable bonds is 2. The highest BCUT2D eigenvalue weighted by atomic mass is 35.5. The van der Waals surface area contributed by atoms with Crippen molar-refractivity contribution in [1.82, 2.24) is 9.78 Å². The third-order valence-electron chi connectivity index (χ3n) is 2.59. The molecule has 18 heavy (non-hydrogen) atoms. The van der Waals surface area contributed by atoms with E-state index in [1.54, 1.807) is 7.05 Å². The zero-order valence-corrected chi connectivity index (χ0v) is 10.0. The van der Waals surface area contributed by atoms with Crippen LogP contribution >= 0.6 is 11.6 Å². The van der Waals surface area contributed by atoms with Gasteiger partial charge in [-0.1, -0.05) is 11.6 Å². The highest BCUT2D eigenvalue weighted by Crippen LogP contribution is 2.29. The first-order valence-electron chi connectivity index (χ1n) is 4.99. The van der Waals surface area contributed by atoms with Gasteiger partial charge in [0, 0.05) is 24.7 Å². The van der Waals surface area contributed by atoms with Gasteiger partial charge in [-0.25, -0.2) is 13.2 Å². The molecule has 0 saturated heterocycles. The van der Waals surface area contributed by atoms with E-state index in [9.17, 15) is 13.2 Å². The fourth-order valence-electron chi connectivity index (χ4n) is 1.76. The maximum atomic E-state index is 13.6. The van der Waals surface area contributed by atoms with E-state index in [4.69, 9.17) is 17.3 Å². The monoisotopic (exact) mass is 275 g/mol. The molecule has 1 aromatic heterocycles. The Labute approximate surface area is 106 Å². The second-order valence-electron chi connectivity index (χ2n) is 3.76. The van der Waals surface area contributed by atoms with Crippen LogP contribution < -0.4 is 5.73 Å². The summed E-state index contributed by atoms with van der Waals surface area (Å²) in [6, 6.07) is -0.0175. The van der Waals surface area contributed by atoms with E-state index in [2.05, 4.69) is 5.10 Å². The molecule has 0 spiro atoms. The van der Waals surface area contributed by atoms with E-state index in [1.807, 2.05) is 0 Å². The van der Waals surface area contributed by atoms with Crippen LogP contribution in [0.1, 0.15) is 17.3 Å². The second kappa shape index (κ2) is 4.62. The molecular formula is C11H9ClF3N3. The van der Waals surface area contributed by atoms with E-state index < -0.39 is 29.1 Å². The lowest BCUT2D eigenvalue weighted by molar-refractivity contribution is 0.509. The van der Waals surface area contributed by atoms with E-state index >= 15 is 0 Å². The largest absolute Gasteiger partial charge is 0.319 e. The first kappa shape index (κ1) is 12.9. The molecule has 0 fully saturated rings. The number of benzene rings is 1. The first-order chi connectivity index (χ1) is 8.41. The van der Waals surface area contributed by atoms with Gasteiger partial charge in [-0.05, 0) is 0 Å². The van der Waals surface area contributed by atoms with Crippen molar-refractivity contribution in [1.29, 1.82) is 0 Å². The van der Waals surface area contributed by atoms with Crippen LogP contribution in [0.3, 0.4) is 0 Å². The second-order valence-corrected chi connectivity index (χ2v) is 4.17. The fourth-order valence-corrected chi connectivity index (χ4v) is 2.04. The number of halogens is 4. The van der Waals surface area contributed by atoms with Gasteiger partial charge in [0.1, 0.15) is 17.5 Å². The fraction of sp³-hybridized carbons (Fsp3) is 0.182. The summed E-state index contributed by atoms with van der Waals surface area (Å²) in [5.74, 6) is -3.12. The van der Waals surface area contributed by atoms with Gasteiger partial charge in [-0.3, -0.25) is 4.68 Å². The van der Waals surface area contributed by atoms with Crippen molar-refractivity contribution in [2.45, 2.75) is 6.04 Å². The van der Waals surface area contributed by atoms with Gasteiger partial charge >= 0.3 is 0 Å². The molecule has 1 aromatic carbocycles. The van der Waals surface area contributed by atoms with Crippen molar-refractivity contribution < 1.29 is 13.2 Å². The predicted molar refractivity (Wildman–Crippen MR) is 60.6 cm³/mol. The molecule has 2 aromatic rings. The molecule has 96 valence electrons. The standard InChI is InChI=1S/C11H9ClF3N3/c1-18-11(6(12)4-17-18)10(16)9-7(14)2-5(13)3-8(9)15/h2-4,10H,16H2,1H3. The average Bonchev–Trinajstić information content (AvgIpc) is 2.56. The molecular weight excluding hydrogens is 267 g/mol. The van der Waals surface area contributed by atoms with Crippen molar-refractivity contribution in [3.05, 3.63) is 52.1 Å². The molecule has 2 rings (SSSR count). The normalized spacial score (nSPS) is 12.8. The molecule has 0 aliphatic heterocycles. The van der Waals surface area contributed by atoms with Crippen LogP contribution in [-0.4, -0.2) is 9.78 Å². The number of nitrogens with zero attached hydrogens (tertiary/aromatic N) is 2. The van der Waals surface area contributed by atoms with Crippen molar-refractivity contribution >= 4 is 11.6 Å². The van der Waals surface area contributed by atoms with Crippen LogP contribution in [0.4, 0.5) is 13.2 Å². The number of aromatic nitrogens is 2. The van der Waals surface area contributed by atoms with Crippen LogP contribution in [0.5, 0.6) is 0 Å². The van der Waals surface area contributed by atoms with Gasteiger partial charge < -0.3 is 5.73 Å². The Kier molecular flexibility index (Phi) is 3.32. The van der Waals surface area contributed by atoms with Gasteiger partial charge in [-0.2, -0.15) is 5.10 Å². The minimum absolute atomic E-state index is 0.188. The van der Waals surface area contributed by atoms with Crippen LogP contribution in [-0.2, 0) is 7.05 Å². The Hall–Kier alpha value is -1.53. The molecule has 0 radical (unpaired) electrons. The summed E-state index contributed by atoms with van der Waals surface area (Å²) in [7, 11) is 1.54. The summed E-state index contributed by atoms with van der Waals surface area (Å²) in [4.78, 5) is 0. The minimum Gasteiger partial charge on any atom is -0.319 e. The topological polar surface area (TPSA) is 43.8 Å². The van der Waals surface area contributed by atoms with E-state index in [1.165, 1.54) is 10.9 Å². The Morgan fingerprint density at radius 2 is 1.83 bits per heavy atom. The quantitative estimate of drug-likeness (QED) is 0.915. The van der Waals surface area contributed by atoms with Gasteiger partial charge in [0.25, 0.3) is 0 Å². The lowest BCUT2D eigenvalue weighted by Gasteiger charge is -2.15. The minimum atomic E-state index is -1.16. The lowest BCUT2D eigenvalue weighted by atomic mass is 10.0. The Balaban J connectivity index is 2.56. The number of nitrogens with two attached hydrogens (primary N) is 1. The molecule has 0 saturated carbocycles. The summed E-state index contributed by atoms with van der Waals surface area (Å²) in [6.07, 6.45) is 1.32. The predicted octanol–water partition coefficient (Wildman–Crippen LogP) is 2.54. The van der Waals surface area contributed by atoms with Gasteiger partial charge in [0.05, 0.1) is 23.0 Å². The number of hydrogen-bond donors (Lipinski definition) is 1. The molecule has 2 N–H and O–H groups in total. The Morgan fingerprint density at radius 3 is 2.28 bits per heavy atom. The van der Waals surface area contributed by atoms with Gasteiger partial charge in [0.2, 0.25) is 0 Å². The summed E-state index contributed by atoms with van der Waals surface area (Å²) in [5.41, 5.74) is 5.57. The molecule has 0 aliphatic rings. The number of aryl methyl sites for hydroxylation is 1.